The summed E-state index contributed by atoms with van der Waals surface area (Å²) in [6, 6.07) is 3.42. The molecule has 19 heavy (non-hydrogen) atoms. The highest BCUT2D eigenvalue weighted by Gasteiger charge is 2.18. The summed E-state index contributed by atoms with van der Waals surface area (Å²) in [5.41, 5.74) is 2.01. The highest BCUT2D eigenvalue weighted by atomic mass is 32.1. The maximum atomic E-state index is 14.3. The maximum absolute atomic E-state index is 14.3. The van der Waals surface area contributed by atoms with E-state index in [2.05, 4.69) is 19.4 Å². The molecule has 2 N–H and O–H groups in total. The van der Waals surface area contributed by atoms with Crippen LogP contribution in [0.25, 0.3) is 0 Å². The lowest BCUT2D eigenvalue weighted by Gasteiger charge is -2.19. The van der Waals surface area contributed by atoms with Gasteiger partial charge in [-0.1, -0.05) is 6.07 Å². The molecule has 1 amide bonds. The van der Waals surface area contributed by atoms with E-state index >= 15 is 0 Å². The monoisotopic (exact) mass is 278 g/mol. The maximum Gasteiger partial charge on any atom is 0.277 e. The van der Waals surface area contributed by atoms with Gasteiger partial charge in [0.1, 0.15) is 5.82 Å². The molecule has 98 valence electrons. The van der Waals surface area contributed by atoms with E-state index in [4.69, 9.17) is 0 Å². The third kappa shape index (κ3) is 2.34. The molecule has 5 nitrogen and oxygen atoms in total. The first kappa shape index (κ1) is 12.2. The summed E-state index contributed by atoms with van der Waals surface area (Å²) in [5, 5.41) is 5.71. The van der Waals surface area contributed by atoms with Crippen LogP contribution in [0.1, 0.15) is 21.6 Å². The number of carbonyl (C=O) groups excluding carboxylic acids is 1. The Kier molecular flexibility index (Phi) is 3.22. The van der Waals surface area contributed by atoms with Crippen molar-refractivity contribution >= 4 is 23.3 Å². The van der Waals surface area contributed by atoms with E-state index in [0.717, 1.165) is 23.8 Å². The van der Waals surface area contributed by atoms with Gasteiger partial charge < -0.3 is 10.6 Å². The van der Waals surface area contributed by atoms with Gasteiger partial charge in [0.15, 0.2) is 5.69 Å². The standard InChI is InChI=1S/C12H11FN4OS/c13-11-8-3-4-14-5-7(8)1-2-9(11)16-12(18)10-6-15-19-17-10/h1-2,6,14H,3-5H2,(H,16,18). The highest BCUT2D eigenvalue weighted by molar-refractivity contribution is 6.99. The number of nitrogens with zero attached hydrogens (tertiary/aromatic N) is 2. The molecule has 0 spiro atoms. The highest BCUT2D eigenvalue weighted by Crippen LogP contribution is 2.24. The second-order valence-corrected chi connectivity index (χ2v) is 4.80. The SMILES string of the molecule is O=C(Nc1ccc2c(c1F)CCNC2)c1cnsn1. The van der Waals surface area contributed by atoms with Crippen molar-refractivity contribution < 1.29 is 9.18 Å². The molecule has 0 bridgehead atoms. The van der Waals surface area contributed by atoms with Gasteiger partial charge in [0, 0.05) is 6.54 Å². The third-order valence-corrected chi connectivity index (χ3v) is 3.53. The van der Waals surface area contributed by atoms with Crippen LogP contribution in [0, 0.1) is 5.82 Å². The zero-order chi connectivity index (χ0) is 13.2. The van der Waals surface area contributed by atoms with E-state index in [-0.39, 0.29) is 17.2 Å². The lowest BCUT2D eigenvalue weighted by atomic mass is 9.99. The van der Waals surface area contributed by atoms with E-state index in [1.165, 1.54) is 6.20 Å². The Morgan fingerprint density at radius 3 is 3.16 bits per heavy atom. The summed E-state index contributed by atoms with van der Waals surface area (Å²) in [5.74, 6) is -0.794. The van der Waals surface area contributed by atoms with E-state index in [1.54, 1.807) is 6.07 Å². The Morgan fingerprint density at radius 2 is 2.37 bits per heavy atom. The van der Waals surface area contributed by atoms with Crippen molar-refractivity contribution in [2.75, 3.05) is 11.9 Å². The van der Waals surface area contributed by atoms with Gasteiger partial charge in [0.2, 0.25) is 0 Å². The molecule has 1 aromatic heterocycles. The summed E-state index contributed by atoms with van der Waals surface area (Å²) < 4.78 is 21.8. The Labute approximate surface area is 113 Å². The smallest absolute Gasteiger partial charge is 0.277 e. The zero-order valence-electron chi connectivity index (χ0n) is 9.94. The van der Waals surface area contributed by atoms with Crippen LogP contribution >= 0.6 is 11.7 Å². The fourth-order valence-corrected chi connectivity index (χ4v) is 2.49. The van der Waals surface area contributed by atoms with Crippen LogP contribution in [0.4, 0.5) is 10.1 Å². The summed E-state index contributed by atoms with van der Waals surface area (Å²) in [7, 11) is 0. The molecule has 1 aliphatic heterocycles. The summed E-state index contributed by atoms with van der Waals surface area (Å²) in [6.45, 7) is 1.41. The average Bonchev–Trinajstić information content (AvgIpc) is 2.96. The molecular weight excluding hydrogens is 267 g/mol. The number of anilines is 1. The number of aromatic nitrogens is 2. The van der Waals surface area contributed by atoms with Crippen molar-refractivity contribution in [3.63, 3.8) is 0 Å². The fraction of sp³-hybridized carbons (Fsp3) is 0.250. The van der Waals surface area contributed by atoms with E-state index in [1.807, 2.05) is 6.07 Å². The molecule has 0 saturated carbocycles. The van der Waals surface area contributed by atoms with Crippen LogP contribution in [-0.2, 0) is 13.0 Å². The van der Waals surface area contributed by atoms with Crippen LogP contribution in [0.15, 0.2) is 18.3 Å². The predicted molar refractivity (Wildman–Crippen MR) is 69.7 cm³/mol. The summed E-state index contributed by atoms with van der Waals surface area (Å²) in [6.07, 6.45) is 1.99. The topological polar surface area (TPSA) is 66.9 Å². The summed E-state index contributed by atoms with van der Waals surface area (Å²) >= 11 is 0.943. The van der Waals surface area contributed by atoms with Gasteiger partial charge in [-0.2, -0.15) is 8.75 Å². The van der Waals surface area contributed by atoms with Crippen molar-refractivity contribution in [3.8, 4) is 0 Å². The largest absolute Gasteiger partial charge is 0.318 e. The Morgan fingerprint density at radius 1 is 1.47 bits per heavy atom. The van der Waals surface area contributed by atoms with Crippen LogP contribution in [-0.4, -0.2) is 21.2 Å². The second-order valence-electron chi connectivity index (χ2n) is 4.24. The number of rotatable bonds is 2. The van der Waals surface area contributed by atoms with Gasteiger partial charge in [-0.3, -0.25) is 4.79 Å². The lowest BCUT2D eigenvalue weighted by molar-refractivity contribution is 0.102. The molecule has 7 heteroatoms. The Hall–Kier alpha value is -1.86. The first-order valence-corrected chi connectivity index (χ1v) is 6.58. The van der Waals surface area contributed by atoms with E-state index < -0.39 is 5.91 Å². The number of benzene rings is 1. The number of fused-ring (bicyclic) bond motifs is 1. The van der Waals surface area contributed by atoms with Crippen LogP contribution < -0.4 is 10.6 Å². The number of amides is 1. The van der Waals surface area contributed by atoms with Crippen molar-refractivity contribution in [3.05, 3.63) is 41.0 Å². The molecule has 0 saturated heterocycles. The van der Waals surface area contributed by atoms with Crippen molar-refractivity contribution in [1.82, 2.24) is 14.1 Å². The van der Waals surface area contributed by atoms with Gasteiger partial charge >= 0.3 is 0 Å². The molecule has 0 atom stereocenters. The number of nitrogens with one attached hydrogen (secondary N) is 2. The predicted octanol–water partition coefficient (Wildman–Crippen LogP) is 1.58. The second kappa shape index (κ2) is 5.02. The molecule has 0 radical (unpaired) electrons. The van der Waals surface area contributed by atoms with Gasteiger partial charge in [-0.15, -0.1) is 0 Å². The molecule has 2 aromatic rings. The van der Waals surface area contributed by atoms with Gasteiger partial charge in [-0.25, -0.2) is 4.39 Å². The minimum atomic E-state index is -0.443. The van der Waals surface area contributed by atoms with E-state index in [0.29, 0.717) is 18.5 Å². The van der Waals surface area contributed by atoms with Crippen molar-refractivity contribution in [2.45, 2.75) is 13.0 Å². The number of hydrogen-bond donors (Lipinski definition) is 2. The molecule has 1 aromatic carbocycles. The Bertz CT molecular complexity index is 614. The fourth-order valence-electron chi connectivity index (χ4n) is 2.08. The van der Waals surface area contributed by atoms with Crippen molar-refractivity contribution in [1.29, 1.82) is 0 Å². The molecule has 3 rings (SSSR count). The number of carbonyl (C=O) groups is 1. The van der Waals surface area contributed by atoms with Gasteiger partial charge in [0.05, 0.1) is 23.6 Å². The minimum Gasteiger partial charge on any atom is -0.318 e. The normalized spacial score (nSPS) is 13.9. The van der Waals surface area contributed by atoms with Crippen LogP contribution in [0.5, 0.6) is 0 Å². The zero-order valence-corrected chi connectivity index (χ0v) is 10.8. The number of halogens is 1. The van der Waals surface area contributed by atoms with Crippen LogP contribution in [0.3, 0.4) is 0 Å². The molecule has 2 heterocycles. The van der Waals surface area contributed by atoms with E-state index in [9.17, 15) is 9.18 Å². The first-order valence-electron chi connectivity index (χ1n) is 5.85. The van der Waals surface area contributed by atoms with Crippen LogP contribution in [0.2, 0.25) is 0 Å². The minimum absolute atomic E-state index is 0.193. The van der Waals surface area contributed by atoms with Gasteiger partial charge in [-0.05, 0) is 30.2 Å². The molecule has 1 aliphatic rings. The molecule has 0 unspecified atom stereocenters. The summed E-state index contributed by atoms with van der Waals surface area (Å²) in [4.78, 5) is 11.8. The molecule has 0 fully saturated rings. The molecular formula is C12H11FN4OS. The van der Waals surface area contributed by atoms with Crippen molar-refractivity contribution in [2.24, 2.45) is 0 Å². The number of hydrogen-bond acceptors (Lipinski definition) is 5. The first-order chi connectivity index (χ1) is 9.25. The quantitative estimate of drug-likeness (QED) is 0.875. The average molecular weight is 278 g/mol. The van der Waals surface area contributed by atoms with Gasteiger partial charge in [0.25, 0.3) is 5.91 Å². The lowest BCUT2D eigenvalue weighted by Crippen LogP contribution is -2.25. The Balaban J connectivity index is 1.87. The molecule has 0 aliphatic carbocycles. The third-order valence-electron chi connectivity index (χ3n) is 3.05.